The highest BCUT2D eigenvalue weighted by Crippen LogP contribution is 2.25. The summed E-state index contributed by atoms with van der Waals surface area (Å²) in [5.74, 6) is -1.43. The van der Waals surface area contributed by atoms with Crippen LogP contribution in [0, 0.1) is 0 Å². The third kappa shape index (κ3) is 3.96. The highest BCUT2D eigenvalue weighted by molar-refractivity contribution is 5.91. The third-order valence-electron chi connectivity index (χ3n) is 2.59. The van der Waals surface area contributed by atoms with E-state index >= 15 is 0 Å². The number of pyridine rings is 1. The van der Waals surface area contributed by atoms with Gasteiger partial charge in [-0.3, -0.25) is 9.69 Å². The number of rotatable bonds is 4. The zero-order valence-corrected chi connectivity index (χ0v) is 11.2. The number of primary amides is 1. The minimum Gasteiger partial charge on any atom is -0.465 e. The molecule has 122 valence electrons. The Bertz CT molecular complexity index is 744. The number of oxazole rings is 1. The van der Waals surface area contributed by atoms with E-state index in [-0.39, 0.29) is 22.0 Å². The van der Waals surface area contributed by atoms with Gasteiger partial charge in [0.2, 0.25) is 5.89 Å². The zero-order valence-electron chi connectivity index (χ0n) is 11.2. The first kappa shape index (κ1) is 16.3. The minimum atomic E-state index is -4.74. The summed E-state index contributed by atoms with van der Waals surface area (Å²) in [5.41, 5.74) is 4.97. The summed E-state index contributed by atoms with van der Waals surface area (Å²) in [4.78, 5) is 29.3. The van der Waals surface area contributed by atoms with E-state index in [2.05, 4.69) is 9.97 Å². The van der Waals surface area contributed by atoms with Crippen molar-refractivity contribution in [3.05, 3.63) is 30.3 Å². The van der Waals surface area contributed by atoms with E-state index in [9.17, 15) is 22.8 Å². The Labute approximate surface area is 126 Å². The van der Waals surface area contributed by atoms with Crippen LogP contribution in [-0.4, -0.2) is 39.8 Å². The molecule has 0 radical (unpaired) electrons. The van der Waals surface area contributed by atoms with Crippen LogP contribution in [0.3, 0.4) is 0 Å². The number of amides is 2. The van der Waals surface area contributed by atoms with Crippen molar-refractivity contribution in [3.8, 4) is 11.5 Å². The number of nitrogens with zero attached hydrogens (tertiary/aromatic N) is 3. The summed E-state index contributed by atoms with van der Waals surface area (Å²) >= 11 is 0. The maximum atomic E-state index is 12.5. The summed E-state index contributed by atoms with van der Waals surface area (Å²) in [6.07, 6.45) is -4.50. The van der Waals surface area contributed by atoms with Crippen LogP contribution in [0.25, 0.3) is 11.5 Å². The molecule has 0 aliphatic carbocycles. The number of anilines is 1. The fourth-order valence-corrected chi connectivity index (χ4v) is 1.64. The monoisotopic (exact) mass is 330 g/mol. The van der Waals surface area contributed by atoms with Crippen LogP contribution in [-0.2, 0) is 0 Å². The first-order valence-electron chi connectivity index (χ1n) is 5.96. The highest BCUT2D eigenvalue weighted by Gasteiger charge is 2.34. The first-order valence-corrected chi connectivity index (χ1v) is 5.96. The van der Waals surface area contributed by atoms with Gasteiger partial charge in [-0.25, -0.2) is 14.8 Å². The standard InChI is InChI=1S/C12H9F3N4O4/c13-12(14,15)5-19(11(21)22)8-3-6(1-2-17-8)10-18-7(4-23-10)9(16)20/h1-4H,5H2,(H2,16,20)(H,21,22). The Kier molecular flexibility index (Phi) is 4.20. The van der Waals surface area contributed by atoms with E-state index in [4.69, 9.17) is 15.3 Å². The number of carbonyl (C=O) groups excluding carboxylic acids is 1. The van der Waals surface area contributed by atoms with Gasteiger partial charge < -0.3 is 15.3 Å². The van der Waals surface area contributed by atoms with Crippen molar-refractivity contribution < 1.29 is 32.3 Å². The molecule has 0 atom stereocenters. The molecule has 8 nitrogen and oxygen atoms in total. The summed E-state index contributed by atoms with van der Waals surface area (Å²) < 4.78 is 42.3. The van der Waals surface area contributed by atoms with Crippen LogP contribution in [0.1, 0.15) is 10.5 Å². The van der Waals surface area contributed by atoms with E-state index in [0.29, 0.717) is 0 Å². The number of aromatic nitrogens is 2. The van der Waals surface area contributed by atoms with Crippen molar-refractivity contribution >= 4 is 17.8 Å². The lowest BCUT2D eigenvalue weighted by Gasteiger charge is -2.19. The molecule has 0 aromatic carbocycles. The van der Waals surface area contributed by atoms with Gasteiger partial charge in [0, 0.05) is 11.8 Å². The molecular weight excluding hydrogens is 321 g/mol. The number of alkyl halides is 3. The number of hydrogen-bond acceptors (Lipinski definition) is 5. The van der Waals surface area contributed by atoms with E-state index in [0.717, 1.165) is 18.5 Å². The number of carboxylic acid groups (broad SMARTS) is 1. The molecule has 0 spiro atoms. The zero-order chi connectivity index (χ0) is 17.2. The van der Waals surface area contributed by atoms with Gasteiger partial charge in [-0.15, -0.1) is 0 Å². The van der Waals surface area contributed by atoms with Crippen molar-refractivity contribution in [2.24, 2.45) is 5.73 Å². The lowest BCUT2D eigenvalue weighted by Crippen LogP contribution is -2.38. The molecule has 0 aliphatic rings. The molecule has 0 fully saturated rings. The Hall–Kier alpha value is -3.11. The van der Waals surface area contributed by atoms with Crippen LogP contribution in [0.15, 0.2) is 29.0 Å². The van der Waals surface area contributed by atoms with Crippen molar-refractivity contribution in [2.45, 2.75) is 6.18 Å². The average molecular weight is 330 g/mol. The van der Waals surface area contributed by atoms with Crippen molar-refractivity contribution in [1.82, 2.24) is 9.97 Å². The van der Waals surface area contributed by atoms with Gasteiger partial charge in [0.1, 0.15) is 18.6 Å². The lowest BCUT2D eigenvalue weighted by molar-refractivity contribution is -0.119. The van der Waals surface area contributed by atoms with Gasteiger partial charge >= 0.3 is 12.3 Å². The molecule has 0 saturated heterocycles. The van der Waals surface area contributed by atoms with Crippen molar-refractivity contribution in [2.75, 3.05) is 11.4 Å². The topological polar surface area (TPSA) is 123 Å². The Morgan fingerprint density at radius 3 is 2.61 bits per heavy atom. The SMILES string of the molecule is NC(=O)c1coc(-c2ccnc(N(CC(F)(F)F)C(=O)O)c2)n1. The third-order valence-corrected chi connectivity index (χ3v) is 2.59. The minimum absolute atomic E-state index is 0.0292. The molecule has 23 heavy (non-hydrogen) atoms. The first-order chi connectivity index (χ1) is 10.7. The second-order valence-corrected chi connectivity index (χ2v) is 4.29. The Morgan fingerprint density at radius 1 is 1.39 bits per heavy atom. The van der Waals surface area contributed by atoms with Crippen LogP contribution in [0.4, 0.5) is 23.8 Å². The summed E-state index contributed by atoms with van der Waals surface area (Å²) in [7, 11) is 0. The molecule has 2 heterocycles. The van der Waals surface area contributed by atoms with Crippen LogP contribution >= 0.6 is 0 Å². The predicted octanol–water partition coefficient (Wildman–Crippen LogP) is 1.88. The molecule has 2 aromatic heterocycles. The fourth-order valence-electron chi connectivity index (χ4n) is 1.64. The van der Waals surface area contributed by atoms with Crippen molar-refractivity contribution in [1.29, 1.82) is 0 Å². The summed E-state index contributed by atoms with van der Waals surface area (Å²) in [6.45, 7) is -1.73. The maximum absolute atomic E-state index is 12.5. The average Bonchev–Trinajstić information content (AvgIpc) is 2.94. The second kappa shape index (κ2) is 5.94. The number of halogens is 3. The van der Waals surface area contributed by atoms with Crippen molar-refractivity contribution in [3.63, 3.8) is 0 Å². The molecular formula is C12H9F3N4O4. The molecule has 0 unspecified atom stereocenters. The molecule has 2 amide bonds. The van der Waals surface area contributed by atoms with Crippen LogP contribution in [0.2, 0.25) is 0 Å². The Balaban J connectivity index is 2.37. The van der Waals surface area contributed by atoms with Gasteiger partial charge in [-0.1, -0.05) is 0 Å². The van der Waals surface area contributed by atoms with E-state index in [1.54, 1.807) is 0 Å². The van der Waals surface area contributed by atoms with Gasteiger partial charge in [0.25, 0.3) is 5.91 Å². The molecule has 2 rings (SSSR count). The predicted molar refractivity (Wildman–Crippen MR) is 69.7 cm³/mol. The smallest absolute Gasteiger partial charge is 0.413 e. The lowest BCUT2D eigenvalue weighted by atomic mass is 10.2. The van der Waals surface area contributed by atoms with E-state index in [1.807, 2.05) is 0 Å². The van der Waals surface area contributed by atoms with Gasteiger partial charge in [-0.2, -0.15) is 13.2 Å². The fraction of sp³-hybridized carbons (Fsp3) is 0.167. The van der Waals surface area contributed by atoms with Crippen LogP contribution < -0.4 is 10.6 Å². The Morgan fingerprint density at radius 2 is 2.09 bits per heavy atom. The number of hydrogen-bond donors (Lipinski definition) is 2. The molecule has 0 aliphatic heterocycles. The normalized spacial score (nSPS) is 11.3. The van der Waals surface area contributed by atoms with E-state index < -0.39 is 30.5 Å². The van der Waals surface area contributed by atoms with Gasteiger partial charge in [0.05, 0.1) is 0 Å². The highest BCUT2D eigenvalue weighted by atomic mass is 19.4. The summed E-state index contributed by atoms with van der Waals surface area (Å²) in [5, 5.41) is 8.91. The summed E-state index contributed by atoms with van der Waals surface area (Å²) in [6, 6.07) is 2.37. The molecule has 0 bridgehead atoms. The van der Waals surface area contributed by atoms with Gasteiger partial charge in [0.15, 0.2) is 5.69 Å². The molecule has 11 heteroatoms. The van der Waals surface area contributed by atoms with Crippen LogP contribution in [0.5, 0.6) is 0 Å². The number of nitrogens with two attached hydrogens (primary N) is 1. The maximum Gasteiger partial charge on any atom is 0.413 e. The van der Waals surface area contributed by atoms with Gasteiger partial charge in [-0.05, 0) is 12.1 Å². The molecule has 3 N–H and O–H groups in total. The quantitative estimate of drug-likeness (QED) is 0.882. The molecule has 0 saturated carbocycles. The number of carbonyl (C=O) groups is 2. The molecule has 2 aromatic rings. The largest absolute Gasteiger partial charge is 0.465 e. The van der Waals surface area contributed by atoms with E-state index in [1.165, 1.54) is 6.07 Å². The second-order valence-electron chi connectivity index (χ2n) is 4.29.